The van der Waals surface area contributed by atoms with Crippen LogP contribution in [0.25, 0.3) is 38.8 Å². The van der Waals surface area contributed by atoms with Crippen LogP contribution in [0.1, 0.15) is 18.1 Å². The van der Waals surface area contributed by atoms with E-state index in [0.29, 0.717) is 6.61 Å². The number of hydrogen-bond donors (Lipinski definition) is 0. The van der Waals surface area contributed by atoms with E-state index in [-0.39, 0.29) is 0 Å². The summed E-state index contributed by atoms with van der Waals surface area (Å²) < 4.78 is 13.8. The van der Waals surface area contributed by atoms with Crippen LogP contribution < -0.4 is 9.47 Å². The number of methoxy groups -OCH3 is 1. The summed E-state index contributed by atoms with van der Waals surface area (Å²) in [7, 11) is 1.71. The van der Waals surface area contributed by atoms with Gasteiger partial charge in [0.15, 0.2) is 0 Å². The molecule has 172 valence electrons. The van der Waals surface area contributed by atoms with Gasteiger partial charge in [-0.15, -0.1) is 0 Å². The zero-order chi connectivity index (χ0) is 23.8. The lowest BCUT2D eigenvalue weighted by atomic mass is 9.98. The maximum Gasteiger partial charge on any atom is 0.119 e. The lowest BCUT2D eigenvalue weighted by molar-refractivity contribution is 0.306. The molecule has 0 radical (unpaired) electrons. The summed E-state index contributed by atoms with van der Waals surface area (Å²) in [4.78, 5) is 0. The molecule has 3 aromatic heterocycles. The number of aryl methyl sites for hydroxylation is 1. The van der Waals surface area contributed by atoms with Crippen molar-refractivity contribution in [3.05, 3.63) is 114 Å². The van der Waals surface area contributed by atoms with Crippen molar-refractivity contribution < 1.29 is 9.47 Å². The van der Waals surface area contributed by atoms with Crippen molar-refractivity contribution in [2.75, 3.05) is 7.11 Å². The van der Waals surface area contributed by atoms with Crippen molar-refractivity contribution in [2.45, 2.75) is 20.0 Å². The number of rotatable bonds is 7. The van der Waals surface area contributed by atoms with E-state index in [4.69, 9.17) is 9.47 Å². The molecular formula is C32H27NO2. The molecular weight excluding hydrogens is 430 g/mol. The van der Waals surface area contributed by atoms with E-state index in [1.165, 1.54) is 49.9 Å². The van der Waals surface area contributed by atoms with Crippen LogP contribution >= 0.6 is 0 Å². The molecule has 0 aliphatic heterocycles. The Kier molecular flexibility index (Phi) is 5.38. The molecule has 3 heterocycles. The summed E-state index contributed by atoms with van der Waals surface area (Å²) in [5.74, 6) is 1.75. The molecule has 35 heavy (non-hydrogen) atoms. The minimum absolute atomic E-state index is 0.568. The number of pyridine rings is 1. The van der Waals surface area contributed by atoms with Gasteiger partial charge in [0.25, 0.3) is 0 Å². The smallest absolute Gasteiger partial charge is 0.119 e. The van der Waals surface area contributed by atoms with Gasteiger partial charge in [-0.2, -0.15) is 0 Å². The molecule has 0 bridgehead atoms. The van der Waals surface area contributed by atoms with Crippen LogP contribution in [0, 0.1) is 0 Å². The van der Waals surface area contributed by atoms with Crippen LogP contribution in [0.2, 0.25) is 0 Å². The molecule has 3 nitrogen and oxygen atoms in total. The van der Waals surface area contributed by atoms with Gasteiger partial charge in [-0.1, -0.05) is 67.6 Å². The third-order valence-electron chi connectivity index (χ3n) is 6.80. The molecule has 0 saturated carbocycles. The standard InChI is InChI=1S/C32H27NO2/c1-3-27-29-10-7-11-30-28(20-31(33(29)30)32(27)24-14-16-25(34-2)17-15-24)23-12-18-26(19-13-23)35-21-22-8-5-4-6-9-22/h4-20H,3,21H2,1-2H3. The van der Waals surface area contributed by atoms with E-state index in [0.717, 1.165) is 17.9 Å². The highest BCUT2D eigenvalue weighted by atomic mass is 16.5. The molecule has 0 aliphatic rings. The minimum atomic E-state index is 0.568. The van der Waals surface area contributed by atoms with E-state index >= 15 is 0 Å². The van der Waals surface area contributed by atoms with Crippen molar-refractivity contribution >= 4 is 16.6 Å². The zero-order valence-corrected chi connectivity index (χ0v) is 20.0. The summed E-state index contributed by atoms with van der Waals surface area (Å²) in [5, 5.41) is 0. The molecule has 0 amide bonds. The number of hydrogen-bond acceptors (Lipinski definition) is 2. The number of ether oxygens (including phenoxy) is 2. The van der Waals surface area contributed by atoms with Crippen molar-refractivity contribution in [1.82, 2.24) is 4.40 Å². The quantitative estimate of drug-likeness (QED) is 0.242. The third-order valence-corrected chi connectivity index (χ3v) is 6.80. The predicted octanol–water partition coefficient (Wildman–Crippen LogP) is 8.01. The van der Waals surface area contributed by atoms with Gasteiger partial charge < -0.3 is 13.9 Å². The van der Waals surface area contributed by atoms with Crippen LogP contribution in [-0.2, 0) is 13.0 Å². The minimum Gasteiger partial charge on any atom is -0.497 e. The van der Waals surface area contributed by atoms with Crippen LogP contribution in [0.4, 0.5) is 0 Å². The highest BCUT2D eigenvalue weighted by Crippen LogP contribution is 2.41. The molecule has 3 heteroatoms. The van der Waals surface area contributed by atoms with Gasteiger partial charge in [0, 0.05) is 11.1 Å². The van der Waals surface area contributed by atoms with Crippen molar-refractivity contribution in [3.8, 4) is 33.8 Å². The maximum absolute atomic E-state index is 6.01. The monoisotopic (exact) mass is 457 g/mol. The predicted molar refractivity (Wildman–Crippen MR) is 144 cm³/mol. The zero-order valence-electron chi connectivity index (χ0n) is 20.0. The van der Waals surface area contributed by atoms with E-state index in [1.807, 2.05) is 30.3 Å². The first-order valence-corrected chi connectivity index (χ1v) is 12.1. The van der Waals surface area contributed by atoms with Gasteiger partial charge in [0.1, 0.15) is 18.1 Å². The molecule has 6 aromatic rings. The Morgan fingerprint density at radius 2 is 1.34 bits per heavy atom. The van der Waals surface area contributed by atoms with Gasteiger partial charge >= 0.3 is 0 Å². The van der Waals surface area contributed by atoms with Gasteiger partial charge in [-0.25, -0.2) is 0 Å². The van der Waals surface area contributed by atoms with Gasteiger partial charge in [-0.3, -0.25) is 0 Å². The normalized spacial score (nSPS) is 11.4. The molecule has 0 aliphatic carbocycles. The molecule has 6 rings (SSSR count). The van der Waals surface area contributed by atoms with Gasteiger partial charge in [0.05, 0.1) is 23.7 Å². The summed E-state index contributed by atoms with van der Waals surface area (Å²) in [6.45, 7) is 2.80. The maximum atomic E-state index is 6.01. The number of benzene rings is 3. The molecule has 3 aromatic carbocycles. The van der Waals surface area contributed by atoms with Crippen LogP contribution in [-0.4, -0.2) is 11.5 Å². The average molecular weight is 458 g/mol. The van der Waals surface area contributed by atoms with Crippen molar-refractivity contribution in [1.29, 1.82) is 0 Å². The molecule has 0 spiro atoms. The Morgan fingerprint density at radius 3 is 2.06 bits per heavy atom. The van der Waals surface area contributed by atoms with E-state index < -0.39 is 0 Å². The second-order valence-electron chi connectivity index (χ2n) is 8.81. The van der Waals surface area contributed by atoms with Crippen LogP contribution in [0.15, 0.2) is 103 Å². The van der Waals surface area contributed by atoms with Gasteiger partial charge in [0.2, 0.25) is 0 Å². The second kappa shape index (κ2) is 8.84. The van der Waals surface area contributed by atoms with Crippen LogP contribution in [0.3, 0.4) is 0 Å². The van der Waals surface area contributed by atoms with E-state index in [1.54, 1.807) is 7.11 Å². The Morgan fingerprint density at radius 1 is 0.657 bits per heavy atom. The molecule has 0 fully saturated rings. The fraction of sp³-hybridized carbons (Fsp3) is 0.125. The second-order valence-corrected chi connectivity index (χ2v) is 8.81. The lowest BCUT2D eigenvalue weighted by Gasteiger charge is -2.08. The fourth-order valence-electron chi connectivity index (χ4n) is 5.10. The Hall–Kier alpha value is -4.24. The summed E-state index contributed by atoms with van der Waals surface area (Å²) in [6, 6.07) is 36.1. The van der Waals surface area contributed by atoms with E-state index in [2.05, 4.69) is 84.1 Å². The fourth-order valence-corrected chi connectivity index (χ4v) is 5.10. The number of aromatic nitrogens is 1. The average Bonchev–Trinajstić information content (AvgIpc) is 3.46. The molecule has 0 atom stereocenters. The molecule has 0 N–H and O–H groups in total. The highest BCUT2D eigenvalue weighted by Gasteiger charge is 2.21. The number of nitrogens with zero attached hydrogens (tertiary/aromatic N) is 1. The van der Waals surface area contributed by atoms with Crippen molar-refractivity contribution in [3.63, 3.8) is 0 Å². The first kappa shape index (κ1) is 21.3. The first-order chi connectivity index (χ1) is 17.3. The SMILES string of the molecule is CCc1c(-c2ccc(OC)cc2)c2cc(-c3ccc(OCc4ccccc4)cc3)c3cccc1n32. The van der Waals surface area contributed by atoms with Gasteiger partial charge in [-0.05, 0) is 71.1 Å². The third kappa shape index (κ3) is 3.70. The van der Waals surface area contributed by atoms with E-state index in [9.17, 15) is 0 Å². The lowest BCUT2D eigenvalue weighted by Crippen LogP contribution is -1.94. The first-order valence-electron chi connectivity index (χ1n) is 12.1. The molecule has 0 saturated heterocycles. The largest absolute Gasteiger partial charge is 0.497 e. The molecule has 0 unspecified atom stereocenters. The van der Waals surface area contributed by atoms with Crippen molar-refractivity contribution in [2.24, 2.45) is 0 Å². The Bertz CT molecular complexity index is 1580. The van der Waals surface area contributed by atoms with Crippen LogP contribution in [0.5, 0.6) is 11.5 Å². The Labute approximate surface area is 205 Å². The Balaban J connectivity index is 1.40. The summed E-state index contributed by atoms with van der Waals surface area (Å²) in [6.07, 6.45) is 0.977. The topological polar surface area (TPSA) is 22.9 Å². The highest BCUT2D eigenvalue weighted by molar-refractivity contribution is 6.00. The summed E-state index contributed by atoms with van der Waals surface area (Å²) in [5.41, 5.74) is 11.2. The summed E-state index contributed by atoms with van der Waals surface area (Å²) >= 11 is 0.